The molecule has 20 heavy (non-hydrogen) atoms. The molecule has 3 aromatic rings. The number of hydrogen-bond acceptors (Lipinski definition) is 4. The highest BCUT2D eigenvalue weighted by Crippen LogP contribution is 2.41. The summed E-state index contributed by atoms with van der Waals surface area (Å²) < 4.78 is 18.4. The average Bonchev–Trinajstić information content (AvgIpc) is 3.05. The van der Waals surface area contributed by atoms with E-state index in [4.69, 9.17) is 10.5 Å². The molecule has 3 N–H and O–H groups in total. The van der Waals surface area contributed by atoms with E-state index in [1.54, 1.807) is 19.2 Å². The van der Waals surface area contributed by atoms with Crippen molar-refractivity contribution in [3.63, 3.8) is 0 Å². The Balaban J connectivity index is 2.17. The first-order valence-electron chi connectivity index (χ1n) is 5.92. The van der Waals surface area contributed by atoms with Crippen LogP contribution in [-0.4, -0.2) is 17.3 Å². The molecule has 0 bridgehead atoms. The predicted octanol–water partition coefficient (Wildman–Crippen LogP) is 3.54. The number of ether oxygens (including phenoxy) is 1. The van der Waals surface area contributed by atoms with E-state index in [-0.39, 0.29) is 5.82 Å². The molecule has 0 fully saturated rings. The number of nitrogens with two attached hydrogens (primary N) is 1. The van der Waals surface area contributed by atoms with Crippen molar-refractivity contribution in [1.29, 1.82) is 0 Å². The normalized spacial score (nSPS) is 10.7. The third kappa shape index (κ3) is 2.04. The second-order valence-corrected chi connectivity index (χ2v) is 5.10. The molecule has 2 aromatic heterocycles. The molecule has 0 amide bonds. The van der Waals surface area contributed by atoms with Gasteiger partial charge < -0.3 is 10.5 Å². The quantitative estimate of drug-likeness (QED) is 0.775. The van der Waals surface area contributed by atoms with Crippen molar-refractivity contribution in [1.82, 2.24) is 10.2 Å². The molecule has 0 radical (unpaired) electrons. The van der Waals surface area contributed by atoms with Crippen molar-refractivity contribution in [2.45, 2.75) is 0 Å². The predicted molar refractivity (Wildman–Crippen MR) is 78.3 cm³/mol. The van der Waals surface area contributed by atoms with Crippen LogP contribution in [0.15, 0.2) is 35.7 Å². The van der Waals surface area contributed by atoms with Crippen molar-refractivity contribution < 1.29 is 9.13 Å². The van der Waals surface area contributed by atoms with Crippen LogP contribution in [0.4, 0.5) is 10.2 Å². The number of H-pyrrole nitrogens is 1. The number of benzene rings is 1. The molecular formula is C14H12FN3OS. The van der Waals surface area contributed by atoms with Crippen LogP contribution >= 0.6 is 11.3 Å². The highest BCUT2D eigenvalue weighted by Gasteiger charge is 2.18. The molecular weight excluding hydrogens is 277 g/mol. The van der Waals surface area contributed by atoms with E-state index in [0.717, 1.165) is 27.4 Å². The molecule has 6 heteroatoms. The van der Waals surface area contributed by atoms with Gasteiger partial charge in [-0.3, -0.25) is 5.10 Å². The number of thiophene rings is 1. The first-order valence-corrected chi connectivity index (χ1v) is 6.80. The molecule has 3 rings (SSSR count). The Morgan fingerprint density at radius 1 is 1.25 bits per heavy atom. The first kappa shape index (κ1) is 12.7. The molecule has 0 atom stereocenters. The van der Waals surface area contributed by atoms with Crippen molar-refractivity contribution in [2.75, 3.05) is 12.8 Å². The summed E-state index contributed by atoms with van der Waals surface area (Å²) in [6.07, 6.45) is 0. The van der Waals surface area contributed by atoms with Crippen molar-refractivity contribution in [2.24, 2.45) is 0 Å². The summed E-state index contributed by atoms with van der Waals surface area (Å²) in [7, 11) is 1.61. The molecule has 1 aromatic carbocycles. The van der Waals surface area contributed by atoms with Gasteiger partial charge in [-0.05, 0) is 29.1 Å². The van der Waals surface area contributed by atoms with E-state index in [1.807, 2.05) is 11.4 Å². The van der Waals surface area contributed by atoms with Crippen molar-refractivity contribution in [3.8, 4) is 27.4 Å². The van der Waals surface area contributed by atoms with Gasteiger partial charge in [0.2, 0.25) is 0 Å². The molecule has 0 spiro atoms. The number of halogens is 1. The minimum absolute atomic E-state index is 0.286. The van der Waals surface area contributed by atoms with Gasteiger partial charge in [0.05, 0.1) is 23.2 Å². The van der Waals surface area contributed by atoms with Gasteiger partial charge in [-0.25, -0.2) is 4.39 Å². The highest BCUT2D eigenvalue weighted by atomic mass is 32.1. The minimum Gasteiger partial charge on any atom is -0.495 e. The van der Waals surface area contributed by atoms with Crippen LogP contribution in [0.2, 0.25) is 0 Å². The molecule has 0 saturated carbocycles. The summed E-state index contributed by atoms with van der Waals surface area (Å²) in [6, 6.07) is 8.04. The Hall–Kier alpha value is -2.34. The van der Waals surface area contributed by atoms with Crippen LogP contribution in [0, 0.1) is 5.82 Å². The molecule has 2 heterocycles. The van der Waals surface area contributed by atoms with Crippen LogP contribution in [-0.2, 0) is 0 Å². The number of anilines is 1. The average molecular weight is 289 g/mol. The summed E-state index contributed by atoms with van der Waals surface area (Å²) in [4.78, 5) is 0.913. The number of nitrogens with one attached hydrogen (secondary N) is 1. The minimum atomic E-state index is -0.286. The number of hydrogen-bond donors (Lipinski definition) is 2. The largest absolute Gasteiger partial charge is 0.495 e. The summed E-state index contributed by atoms with van der Waals surface area (Å²) in [5, 5.41) is 8.91. The fraction of sp³-hybridized carbons (Fsp3) is 0.0714. The van der Waals surface area contributed by atoms with Gasteiger partial charge in [0.1, 0.15) is 11.6 Å². The lowest BCUT2D eigenvalue weighted by atomic mass is 10.0. The molecule has 0 unspecified atom stereocenters. The maximum absolute atomic E-state index is 13.0. The SMILES string of the molecule is COc1ccsc1-c1[nH]nc(N)c1-c1ccc(F)cc1. The molecule has 0 saturated heterocycles. The standard InChI is InChI=1S/C14H12FN3OS/c1-19-10-6-7-20-13(10)12-11(14(16)18-17-12)8-2-4-9(15)5-3-8/h2-7H,1H3,(H3,16,17,18). The number of nitrogens with zero attached hydrogens (tertiary/aromatic N) is 1. The smallest absolute Gasteiger partial charge is 0.153 e. The fourth-order valence-corrected chi connectivity index (χ4v) is 2.93. The summed E-state index contributed by atoms with van der Waals surface area (Å²) in [5.41, 5.74) is 8.28. The number of aromatic nitrogens is 2. The van der Waals surface area contributed by atoms with Crippen LogP contribution in [0.25, 0.3) is 21.7 Å². The van der Waals surface area contributed by atoms with Gasteiger partial charge in [-0.2, -0.15) is 5.10 Å². The van der Waals surface area contributed by atoms with Gasteiger partial charge in [-0.15, -0.1) is 11.3 Å². The van der Waals surface area contributed by atoms with E-state index in [2.05, 4.69) is 10.2 Å². The van der Waals surface area contributed by atoms with Gasteiger partial charge >= 0.3 is 0 Å². The van der Waals surface area contributed by atoms with Crippen molar-refractivity contribution in [3.05, 3.63) is 41.5 Å². The third-order valence-electron chi connectivity index (χ3n) is 3.00. The number of methoxy groups -OCH3 is 1. The van der Waals surface area contributed by atoms with Crippen LogP contribution in [0.1, 0.15) is 0 Å². The summed E-state index contributed by atoms with van der Waals surface area (Å²) >= 11 is 1.53. The summed E-state index contributed by atoms with van der Waals surface area (Å²) in [5.74, 6) is 0.843. The maximum Gasteiger partial charge on any atom is 0.153 e. The van der Waals surface area contributed by atoms with E-state index in [1.165, 1.54) is 23.5 Å². The van der Waals surface area contributed by atoms with E-state index < -0.39 is 0 Å². The number of rotatable bonds is 3. The van der Waals surface area contributed by atoms with Gasteiger partial charge in [0.15, 0.2) is 5.82 Å². The highest BCUT2D eigenvalue weighted by molar-refractivity contribution is 7.14. The lowest BCUT2D eigenvalue weighted by molar-refractivity contribution is 0.418. The number of nitrogen functional groups attached to an aromatic ring is 1. The van der Waals surface area contributed by atoms with Crippen LogP contribution in [0.3, 0.4) is 0 Å². The lowest BCUT2D eigenvalue weighted by Gasteiger charge is -2.05. The zero-order valence-electron chi connectivity index (χ0n) is 10.7. The lowest BCUT2D eigenvalue weighted by Crippen LogP contribution is -1.89. The molecule has 102 valence electrons. The monoisotopic (exact) mass is 289 g/mol. The molecule has 4 nitrogen and oxygen atoms in total. The Labute approximate surface area is 119 Å². The Bertz CT molecular complexity index is 733. The Morgan fingerprint density at radius 2 is 2.00 bits per heavy atom. The van der Waals surface area contributed by atoms with E-state index in [0.29, 0.717) is 5.82 Å². The van der Waals surface area contributed by atoms with Gasteiger partial charge in [-0.1, -0.05) is 12.1 Å². The molecule has 0 aliphatic carbocycles. The van der Waals surface area contributed by atoms with E-state index in [9.17, 15) is 4.39 Å². The molecule has 0 aliphatic rings. The van der Waals surface area contributed by atoms with Gasteiger partial charge in [0, 0.05) is 0 Å². The zero-order chi connectivity index (χ0) is 14.1. The third-order valence-corrected chi connectivity index (χ3v) is 3.92. The maximum atomic E-state index is 13.0. The Morgan fingerprint density at radius 3 is 2.70 bits per heavy atom. The van der Waals surface area contributed by atoms with Crippen LogP contribution < -0.4 is 10.5 Å². The fourth-order valence-electron chi connectivity index (χ4n) is 2.07. The number of aromatic amines is 1. The topological polar surface area (TPSA) is 63.9 Å². The van der Waals surface area contributed by atoms with Crippen molar-refractivity contribution >= 4 is 17.2 Å². The second-order valence-electron chi connectivity index (χ2n) is 4.18. The zero-order valence-corrected chi connectivity index (χ0v) is 11.5. The summed E-state index contributed by atoms with van der Waals surface area (Å²) in [6.45, 7) is 0. The van der Waals surface area contributed by atoms with Crippen LogP contribution in [0.5, 0.6) is 5.75 Å². The van der Waals surface area contributed by atoms with Gasteiger partial charge in [0.25, 0.3) is 0 Å². The van der Waals surface area contributed by atoms with E-state index >= 15 is 0 Å². The molecule has 0 aliphatic heterocycles. The Kier molecular flexibility index (Phi) is 3.15. The first-order chi connectivity index (χ1) is 9.70. The second kappa shape index (κ2) is 4.97.